The Kier molecular flexibility index (Phi) is 5.54. The third-order valence-corrected chi connectivity index (χ3v) is 3.36. The van der Waals surface area contributed by atoms with Gasteiger partial charge in [0.15, 0.2) is 0 Å². The first-order valence-electron chi connectivity index (χ1n) is 7.21. The van der Waals surface area contributed by atoms with Gasteiger partial charge in [-0.15, -0.1) is 0 Å². The predicted molar refractivity (Wildman–Crippen MR) is 78.4 cm³/mol. The Morgan fingerprint density at radius 2 is 1.84 bits per heavy atom. The average Bonchev–Trinajstić information content (AvgIpc) is 2.45. The van der Waals surface area contributed by atoms with Crippen molar-refractivity contribution in [3.05, 3.63) is 18.5 Å². The maximum absolute atomic E-state index is 4.31. The molecular weight excluding hydrogens is 238 g/mol. The van der Waals surface area contributed by atoms with E-state index < -0.39 is 0 Å². The molecule has 1 aromatic heterocycles. The fraction of sp³-hybridized carbons (Fsp3) is 0.714. The Morgan fingerprint density at radius 3 is 2.47 bits per heavy atom. The van der Waals surface area contributed by atoms with E-state index in [1.807, 2.05) is 18.5 Å². The molecule has 0 aliphatic carbocycles. The van der Waals surface area contributed by atoms with Crippen LogP contribution in [0.25, 0.3) is 0 Å². The van der Waals surface area contributed by atoms with Gasteiger partial charge in [0.2, 0.25) is 5.95 Å². The van der Waals surface area contributed by atoms with Crippen molar-refractivity contribution in [2.75, 3.05) is 50.7 Å². The highest BCUT2D eigenvalue weighted by molar-refractivity contribution is 5.29. The summed E-state index contributed by atoms with van der Waals surface area (Å²) in [6, 6.07) is 1.86. The Hall–Kier alpha value is -1.20. The minimum atomic E-state index is 0.729. The van der Waals surface area contributed by atoms with Crippen LogP contribution in [0.15, 0.2) is 18.5 Å². The van der Waals surface area contributed by atoms with Gasteiger partial charge in [-0.1, -0.05) is 13.8 Å². The molecule has 0 amide bonds. The van der Waals surface area contributed by atoms with E-state index in [9.17, 15) is 0 Å². The lowest BCUT2D eigenvalue weighted by Gasteiger charge is -2.34. The minimum absolute atomic E-state index is 0.729. The van der Waals surface area contributed by atoms with Gasteiger partial charge in [0.05, 0.1) is 0 Å². The zero-order chi connectivity index (χ0) is 13.5. The SMILES string of the molecule is CC(C)CNCCN1CCN(c2ncccn2)CC1. The molecule has 5 heteroatoms. The topological polar surface area (TPSA) is 44.3 Å². The molecule has 19 heavy (non-hydrogen) atoms. The Balaban J connectivity index is 1.65. The molecule has 5 nitrogen and oxygen atoms in total. The molecule has 0 unspecified atom stereocenters. The molecule has 1 aliphatic rings. The summed E-state index contributed by atoms with van der Waals surface area (Å²) < 4.78 is 0. The molecule has 0 saturated carbocycles. The van der Waals surface area contributed by atoms with Crippen molar-refractivity contribution in [3.63, 3.8) is 0 Å². The lowest BCUT2D eigenvalue weighted by molar-refractivity contribution is 0.255. The maximum Gasteiger partial charge on any atom is 0.225 e. The highest BCUT2D eigenvalue weighted by Gasteiger charge is 2.17. The molecular formula is C14H25N5. The molecule has 0 spiro atoms. The van der Waals surface area contributed by atoms with Gasteiger partial charge in [0, 0.05) is 51.7 Å². The normalized spacial score (nSPS) is 17.1. The van der Waals surface area contributed by atoms with E-state index in [1.54, 1.807) is 0 Å². The van der Waals surface area contributed by atoms with Gasteiger partial charge >= 0.3 is 0 Å². The van der Waals surface area contributed by atoms with E-state index in [2.05, 4.69) is 38.9 Å². The molecule has 0 atom stereocenters. The second kappa shape index (κ2) is 7.40. The lowest BCUT2D eigenvalue weighted by atomic mass is 10.2. The second-order valence-corrected chi connectivity index (χ2v) is 5.48. The molecule has 1 aliphatic heterocycles. The zero-order valence-corrected chi connectivity index (χ0v) is 12.0. The fourth-order valence-electron chi connectivity index (χ4n) is 2.25. The van der Waals surface area contributed by atoms with Gasteiger partial charge in [-0.2, -0.15) is 0 Å². The largest absolute Gasteiger partial charge is 0.338 e. The number of nitrogens with zero attached hydrogens (tertiary/aromatic N) is 4. The third-order valence-electron chi connectivity index (χ3n) is 3.36. The average molecular weight is 263 g/mol. The molecule has 1 aromatic rings. The van der Waals surface area contributed by atoms with Crippen LogP contribution in [-0.2, 0) is 0 Å². The number of hydrogen-bond acceptors (Lipinski definition) is 5. The van der Waals surface area contributed by atoms with Gasteiger partial charge < -0.3 is 10.2 Å². The number of rotatable bonds is 6. The van der Waals surface area contributed by atoms with Gasteiger partial charge in [-0.05, 0) is 18.5 Å². The molecule has 0 bridgehead atoms. The minimum Gasteiger partial charge on any atom is -0.338 e. The Bertz CT molecular complexity index is 346. The van der Waals surface area contributed by atoms with Crippen molar-refractivity contribution in [2.24, 2.45) is 5.92 Å². The van der Waals surface area contributed by atoms with E-state index in [4.69, 9.17) is 0 Å². The number of piperazine rings is 1. The zero-order valence-electron chi connectivity index (χ0n) is 12.0. The van der Waals surface area contributed by atoms with Crippen molar-refractivity contribution in [2.45, 2.75) is 13.8 Å². The fourth-order valence-corrected chi connectivity index (χ4v) is 2.25. The quantitative estimate of drug-likeness (QED) is 0.771. The highest BCUT2D eigenvalue weighted by Crippen LogP contribution is 2.08. The summed E-state index contributed by atoms with van der Waals surface area (Å²) in [5.74, 6) is 1.59. The van der Waals surface area contributed by atoms with Crippen LogP contribution in [0.5, 0.6) is 0 Å². The molecule has 106 valence electrons. The van der Waals surface area contributed by atoms with Crippen LogP contribution in [0.4, 0.5) is 5.95 Å². The van der Waals surface area contributed by atoms with Crippen LogP contribution in [-0.4, -0.2) is 60.7 Å². The smallest absolute Gasteiger partial charge is 0.225 e. The van der Waals surface area contributed by atoms with Gasteiger partial charge in [-0.3, -0.25) is 4.90 Å². The Labute approximate surface area is 116 Å². The molecule has 1 saturated heterocycles. The van der Waals surface area contributed by atoms with Crippen LogP contribution >= 0.6 is 0 Å². The summed E-state index contributed by atoms with van der Waals surface area (Å²) in [6.07, 6.45) is 3.62. The van der Waals surface area contributed by atoms with Gasteiger partial charge in [-0.25, -0.2) is 9.97 Å². The predicted octanol–water partition coefficient (Wildman–Crippen LogP) is 0.844. The number of hydrogen-bond donors (Lipinski definition) is 1. The number of aromatic nitrogens is 2. The molecule has 0 aromatic carbocycles. The third kappa shape index (κ3) is 4.76. The van der Waals surface area contributed by atoms with E-state index in [0.717, 1.165) is 57.7 Å². The van der Waals surface area contributed by atoms with Crippen molar-refractivity contribution in [1.29, 1.82) is 0 Å². The first kappa shape index (κ1) is 14.2. The molecule has 2 rings (SSSR count). The first-order chi connectivity index (χ1) is 9.25. The monoisotopic (exact) mass is 263 g/mol. The maximum atomic E-state index is 4.31. The van der Waals surface area contributed by atoms with Gasteiger partial charge in [0.1, 0.15) is 0 Å². The number of anilines is 1. The molecule has 0 radical (unpaired) electrons. The van der Waals surface area contributed by atoms with Gasteiger partial charge in [0.25, 0.3) is 0 Å². The van der Waals surface area contributed by atoms with Crippen LogP contribution in [0.2, 0.25) is 0 Å². The summed E-state index contributed by atoms with van der Waals surface area (Å²) in [7, 11) is 0. The van der Waals surface area contributed by atoms with E-state index in [0.29, 0.717) is 0 Å². The van der Waals surface area contributed by atoms with Crippen molar-refractivity contribution >= 4 is 5.95 Å². The molecule has 1 N–H and O–H groups in total. The summed E-state index contributed by atoms with van der Waals surface area (Å²) >= 11 is 0. The standard InChI is InChI=1S/C14H25N5/c1-13(2)12-15-6-7-18-8-10-19(11-9-18)14-16-4-3-5-17-14/h3-5,13,15H,6-12H2,1-2H3. The second-order valence-electron chi connectivity index (χ2n) is 5.48. The van der Waals surface area contributed by atoms with Crippen molar-refractivity contribution in [1.82, 2.24) is 20.2 Å². The molecule has 1 fully saturated rings. The summed E-state index contributed by atoms with van der Waals surface area (Å²) in [5.41, 5.74) is 0. The van der Waals surface area contributed by atoms with Crippen molar-refractivity contribution < 1.29 is 0 Å². The van der Waals surface area contributed by atoms with Crippen LogP contribution < -0.4 is 10.2 Å². The van der Waals surface area contributed by atoms with Crippen LogP contribution in [0.3, 0.4) is 0 Å². The lowest BCUT2D eigenvalue weighted by Crippen LogP contribution is -2.48. The number of nitrogens with one attached hydrogen (secondary N) is 1. The van der Waals surface area contributed by atoms with E-state index in [-0.39, 0.29) is 0 Å². The van der Waals surface area contributed by atoms with E-state index in [1.165, 1.54) is 0 Å². The summed E-state index contributed by atoms with van der Waals surface area (Å²) in [4.78, 5) is 13.4. The van der Waals surface area contributed by atoms with Crippen LogP contribution in [0.1, 0.15) is 13.8 Å². The summed E-state index contributed by atoms with van der Waals surface area (Å²) in [6.45, 7) is 12.1. The Morgan fingerprint density at radius 1 is 1.16 bits per heavy atom. The van der Waals surface area contributed by atoms with Crippen LogP contribution in [0, 0.1) is 5.92 Å². The molecule has 2 heterocycles. The highest BCUT2D eigenvalue weighted by atomic mass is 15.3. The van der Waals surface area contributed by atoms with Crippen molar-refractivity contribution in [3.8, 4) is 0 Å². The first-order valence-corrected chi connectivity index (χ1v) is 7.21. The van der Waals surface area contributed by atoms with E-state index >= 15 is 0 Å². The summed E-state index contributed by atoms with van der Waals surface area (Å²) in [5, 5.41) is 3.50.